The van der Waals surface area contributed by atoms with Gasteiger partial charge >= 0.3 is 0 Å². The number of rotatable bonds is 4. The fourth-order valence-electron chi connectivity index (χ4n) is 1.80. The normalized spacial score (nSPS) is 16.1. The first-order chi connectivity index (χ1) is 9.33. The minimum atomic E-state index is 0.193. The van der Waals surface area contributed by atoms with Crippen LogP contribution in [0.5, 0.6) is 0 Å². The summed E-state index contributed by atoms with van der Waals surface area (Å²) in [5.41, 5.74) is 0. The lowest BCUT2D eigenvalue weighted by Gasteiger charge is -2.26. The number of amides is 1. The average Bonchev–Trinajstić information content (AvgIpc) is 3.00. The van der Waals surface area contributed by atoms with E-state index < -0.39 is 0 Å². The molecule has 0 spiro atoms. The zero-order chi connectivity index (χ0) is 13.1. The average molecular weight is 299 g/mol. The van der Waals surface area contributed by atoms with Crippen LogP contribution in [0.1, 0.15) is 6.42 Å². The van der Waals surface area contributed by atoms with E-state index >= 15 is 0 Å². The molecule has 1 amide bonds. The summed E-state index contributed by atoms with van der Waals surface area (Å²) < 4.78 is 7.79. The highest BCUT2D eigenvalue weighted by Crippen LogP contribution is 2.24. The lowest BCUT2D eigenvalue weighted by molar-refractivity contribution is -0.134. The number of ether oxygens (including phenoxy) is 1. The lowest BCUT2D eigenvalue weighted by atomic mass is 10.3. The fourth-order valence-corrected chi connectivity index (χ4v) is 3.66. The Morgan fingerprint density at radius 3 is 3.11 bits per heavy atom. The van der Waals surface area contributed by atoms with Crippen molar-refractivity contribution in [2.45, 2.75) is 10.8 Å². The molecule has 1 saturated heterocycles. The number of thioether (sulfide) groups is 1. The van der Waals surface area contributed by atoms with Crippen molar-refractivity contribution in [1.82, 2.24) is 24.7 Å². The minimum Gasteiger partial charge on any atom is -0.378 e. The van der Waals surface area contributed by atoms with Gasteiger partial charge in [-0.05, 0) is 0 Å². The molecule has 1 aliphatic rings. The summed E-state index contributed by atoms with van der Waals surface area (Å²) in [5.74, 6) is 0.930. The molecule has 2 aromatic rings. The van der Waals surface area contributed by atoms with Gasteiger partial charge in [0.05, 0.1) is 13.2 Å². The molecule has 0 atom stereocenters. The Hall–Kier alpha value is -1.19. The Morgan fingerprint density at radius 2 is 2.32 bits per heavy atom. The molecule has 1 fully saturated rings. The number of carbonyl (C=O) groups excluding carboxylic acids is 1. The van der Waals surface area contributed by atoms with Gasteiger partial charge in [0, 0.05) is 25.3 Å². The predicted molar refractivity (Wildman–Crippen MR) is 71.4 cm³/mol. The van der Waals surface area contributed by atoms with Crippen LogP contribution in [-0.2, 0) is 9.53 Å². The van der Waals surface area contributed by atoms with E-state index in [9.17, 15) is 4.79 Å². The van der Waals surface area contributed by atoms with Crippen molar-refractivity contribution in [2.75, 3.05) is 32.1 Å². The predicted octanol–water partition coefficient (Wildman–Crippen LogP) is 0.527. The Kier molecular flexibility index (Phi) is 3.95. The molecule has 1 aliphatic heterocycles. The number of hydrogen-bond acceptors (Lipinski definition) is 7. The van der Waals surface area contributed by atoms with Gasteiger partial charge in [-0.25, -0.2) is 0 Å². The van der Waals surface area contributed by atoms with Crippen LogP contribution in [0, 0.1) is 0 Å². The molecule has 0 saturated carbocycles. The molecule has 7 nitrogen and oxygen atoms in total. The van der Waals surface area contributed by atoms with E-state index in [2.05, 4.69) is 15.3 Å². The Labute approximate surface area is 117 Å². The van der Waals surface area contributed by atoms with Crippen molar-refractivity contribution < 1.29 is 9.53 Å². The van der Waals surface area contributed by atoms with E-state index in [4.69, 9.17) is 4.74 Å². The Morgan fingerprint density at radius 1 is 1.47 bits per heavy atom. The molecular formula is C10H13N5O2S2. The van der Waals surface area contributed by atoms with E-state index in [1.165, 1.54) is 11.3 Å². The second-order valence-corrected chi connectivity index (χ2v) is 6.32. The van der Waals surface area contributed by atoms with Crippen molar-refractivity contribution in [3.05, 3.63) is 6.33 Å². The van der Waals surface area contributed by atoms with E-state index in [0.29, 0.717) is 32.7 Å². The van der Waals surface area contributed by atoms with Crippen molar-refractivity contribution in [3.63, 3.8) is 0 Å². The molecule has 3 rings (SSSR count). The number of fused-ring (bicyclic) bond motifs is 1. The molecule has 2 aromatic heterocycles. The highest BCUT2D eigenvalue weighted by molar-refractivity contribution is 8.01. The topological polar surface area (TPSA) is 72.6 Å². The summed E-state index contributed by atoms with van der Waals surface area (Å²) in [7, 11) is 0. The zero-order valence-corrected chi connectivity index (χ0v) is 11.8. The van der Waals surface area contributed by atoms with Gasteiger partial charge in [0.25, 0.3) is 0 Å². The van der Waals surface area contributed by atoms with Crippen LogP contribution in [-0.4, -0.2) is 62.7 Å². The molecule has 0 aromatic carbocycles. The first-order valence-corrected chi connectivity index (χ1v) is 7.78. The van der Waals surface area contributed by atoms with Crippen LogP contribution in [0.15, 0.2) is 10.7 Å². The molecule has 0 radical (unpaired) electrons. The molecule has 0 unspecified atom stereocenters. The van der Waals surface area contributed by atoms with Gasteiger partial charge in [0.1, 0.15) is 6.33 Å². The van der Waals surface area contributed by atoms with E-state index in [0.717, 1.165) is 15.1 Å². The minimum absolute atomic E-state index is 0.193. The third kappa shape index (κ3) is 3.04. The summed E-state index contributed by atoms with van der Waals surface area (Å²) in [6, 6.07) is 0. The summed E-state index contributed by atoms with van der Waals surface area (Å²) in [5, 5.41) is 12.0. The highest BCUT2D eigenvalue weighted by Gasteiger charge is 2.16. The standard InChI is InChI=1S/C10H13N5O2S2/c16-8(14-2-4-17-5-3-14)1-6-18-10-13-15-7-11-12-9(15)19-10/h7H,1-6H2. The number of carbonyl (C=O) groups is 1. The van der Waals surface area contributed by atoms with Gasteiger partial charge in [0.15, 0.2) is 4.34 Å². The maximum absolute atomic E-state index is 11.9. The molecule has 0 N–H and O–H groups in total. The number of hydrogen-bond donors (Lipinski definition) is 0. The monoisotopic (exact) mass is 299 g/mol. The van der Waals surface area contributed by atoms with Crippen LogP contribution in [0.25, 0.3) is 4.96 Å². The second kappa shape index (κ2) is 5.85. The van der Waals surface area contributed by atoms with Crippen LogP contribution >= 0.6 is 23.1 Å². The Bertz CT molecular complexity index is 535. The second-order valence-electron chi connectivity index (χ2n) is 4.02. The molecule has 9 heteroatoms. The van der Waals surface area contributed by atoms with Gasteiger partial charge in [-0.3, -0.25) is 4.79 Å². The summed E-state index contributed by atoms with van der Waals surface area (Å²) in [4.78, 5) is 14.6. The molecular weight excluding hydrogens is 286 g/mol. The van der Waals surface area contributed by atoms with E-state index in [1.807, 2.05) is 4.90 Å². The largest absolute Gasteiger partial charge is 0.378 e. The molecule has 102 valence electrons. The first kappa shape index (κ1) is 12.8. The summed E-state index contributed by atoms with van der Waals surface area (Å²) in [6.45, 7) is 2.71. The van der Waals surface area contributed by atoms with Gasteiger partial charge < -0.3 is 9.64 Å². The Balaban J connectivity index is 1.47. The quantitative estimate of drug-likeness (QED) is 0.767. The fraction of sp³-hybridized carbons (Fsp3) is 0.600. The van der Waals surface area contributed by atoms with Crippen molar-refractivity contribution in [1.29, 1.82) is 0 Å². The van der Waals surface area contributed by atoms with Gasteiger partial charge in [-0.1, -0.05) is 23.1 Å². The number of aromatic nitrogens is 4. The van der Waals surface area contributed by atoms with Crippen molar-refractivity contribution in [3.8, 4) is 0 Å². The smallest absolute Gasteiger partial charge is 0.235 e. The van der Waals surface area contributed by atoms with Crippen LogP contribution in [0.3, 0.4) is 0 Å². The van der Waals surface area contributed by atoms with E-state index in [1.54, 1.807) is 22.6 Å². The summed E-state index contributed by atoms with van der Waals surface area (Å²) >= 11 is 3.07. The third-order valence-corrected chi connectivity index (χ3v) is 4.82. The maximum atomic E-state index is 11.9. The van der Waals surface area contributed by atoms with Crippen LogP contribution in [0.4, 0.5) is 0 Å². The third-order valence-electron chi connectivity index (χ3n) is 2.77. The molecule has 0 bridgehead atoms. The first-order valence-electron chi connectivity index (χ1n) is 5.98. The molecule has 19 heavy (non-hydrogen) atoms. The van der Waals surface area contributed by atoms with Gasteiger partial charge in [-0.15, -0.1) is 15.3 Å². The summed E-state index contributed by atoms with van der Waals surface area (Å²) in [6.07, 6.45) is 2.11. The van der Waals surface area contributed by atoms with Gasteiger partial charge in [0.2, 0.25) is 10.9 Å². The highest BCUT2D eigenvalue weighted by atomic mass is 32.2. The SMILES string of the molecule is O=C(CCSc1nn2cnnc2s1)N1CCOCC1. The van der Waals surface area contributed by atoms with Crippen LogP contribution < -0.4 is 0 Å². The number of nitrogens with zero attached hydrogens (tertiary/aromatic N) is 5. The molecule has 3 heterocycles. The zero-order valence-electron chi connectivity index (χ0n) is 10.2. The lowest BCUT2D eigenvalue weighted by Crippen LogP contribution is -2.40. The van der Waals surface area contributed by atoms with Crippen molar-refractivity contribution >= 4 is 34.0 Å². The van der Waals surface area contributed by atoms with Crippen LogP contribution in [0.2, 0.25) is 0 Å². The van der Waals surface area contributed by atoms with E-state index in [-0.39, 0.29) is 5.91 Å². The molecule has 0 aliphatic carbocycles. The maximum Gasteiger partial charge on any atom is 0.235 e. The van der Waals surface area contributed by atoms with Crippen molar-refractivity contribution in [2.24, 2.45) is 0 Å². The van der Waals surface area contributed by atoms with Gasteiger partial charge in [-0.2, -0.15) is 4.52 Å². The number of morpholine rings is 1.